The maximum atomic E-state index is 3.63. The zero-order valence-corrected chi connectivity index (χ0v) is 8.44. The van der Waals surface area contributed by atoms with Gasteiger partial charge in [0.1, 0.15) is 0 Å². The van der Waals surface area contributed by atoms with Crippen molar-refractivity contribution in [2.45, 2.75) is 0 Å². The SMILES string of the molecule is C=CC[N+](C)(C)C.[Na]. The van der Waals surface area contributed by atoms with E-state index in [1.807, 2.05) is 6.08 Å². The maximum absolute atomic E-state index is 3.63. The third-order valence-corrected chi connectivity index (χ3v) is 0.677. The first kappa shape index (κ1) is 11.5. The molecule has 43 valence electrons. The molecule has 0 fully saturated rings. The van der Waals surface area contributed by atoms with Crippen molar-refractivity contribution in [2.75, 3.05) is 27.7 Å². The van der Waals surface area contributed by atoms with Gasteiger partial charge < -0.3 is 4.48 Å². The second kappa shape index (κ2) is 4.57. The Morgan fingerprint density at radius 1 is 1.38 bits per heavy atom. The second-order valence-electron chi connectivity index (χ2n) is 2.76. The van der Waals surface area contributed by atoms with E-state index in [1.54, 1.807) is 0 Å². The van der Waals surface area contributed by atoms with Crippen molar-refractivity contribution in [1.82, 2.24) is 0 Å². The molecule has 0 N–H and O–H groups in total. The summed E-state index contributed by atoms with van der Waals surface area (Å²) in [5, 5.41) is 0. The van der Waals surface area contributed by atoms with Gasteiger partial charge in [-0.3, -0.25) is 0 Å². The van der Waals surface area contributed by atoms with Gasteiger partial charge in [0.2, 0.25) is 0 Å². The number of hydrogen-bond donors (Lipinski definition) is 0. The molecular formula is C6H14NNa+. The van der Waals surface area contributed by atoms with Crippen molar-refractivity contribution in [2.24, 2.45) is 0 Å². The average molecular weight is 123 g/mol. The number of hydrogen-bond acceptors (Lipinski definition) is 0. The summed E-state index contributed by atoms with van der Waals surface area (Å²) < 4.78 is 0.976. The topological polar surface area (TPSA) is 0 Å². The van der Waals surface area contributed by atoms with Crippen LogP contribution in [-0.2, 0) is 0 Å². The third-order valence-electron chi connectivity index (χ3n) is 0.677. The summed E-state index contributed by atoms with van der Waals surface area (Å²) in [7, 11) is 6.42. The van der Waals surface area contributed by atoms with Gasteiger partial charge in [-0.15, -0.1) is 0 Å². The number of rotatable bonds is 2. The Balaban J connectivity index is 0. The number of quaternary nitrogens is 1. The molecule has 0 amide bonds. The van der Waals surface area contributed by atoms with E-state index >= 15 is 0 Å². The van der Waals surface area contributed by atoms with Crippen molar-refractivity contribution in [3.63, 3.8) is 0 Å². The molecule has 0 aromatic rings. The first-order valence-electron chi connectivity index (χ1n) is 2.47. The summed E-state index contributed by atoms with van der Waals surface area (Å²) in [6, 6.07) is 0. The van der Waals surface area contributed by atoms with E-state index in [4.69, 9.17) is 0 Å². The molecule has 0 atom stereocenters. The van der Waals surface area contributed by atoms with Crippen LogP contribution in [-0.4, -0.2) is 61.7 Å². The summed E-state index contributed by atoms with van der Waals surface area (Å²) in [4.78, 5) is 0. The molecule has 0 aliphatic heterocycles. The summed E-state index contributed by atoms with van der Waals surface area (Å²) in [5.74, 6) is 0. The Morgan fingerprint density at radius 2 is 1.75 bits per heavy atom. The molecule has 0 saturated heterocycles. The molecule has 0 heterocycles. The minimum atomic E-state index is 0. The van der Waals surface area contributed by atoms with E-state index in [9.17, 15) is 0 Å². The van der Waals surface area contributed by atoms with Gasteiger partial charge in [-0.25, -0.2) is 0 Å². The average Bonchev–Trinajstić information content (AvgIpc) is 1.30. The number of nitrogens with zero attached hydrogens (tertiary/aromatic N) is 1. The van der Waals surface area contributed by atoms with Crippen LogP contribution in [0, 0.1) is 0 Å². The Hall–Kier alpha value is 0.700. The number of likely N-dealkylation sites (N-methyl/N-ethyl adjacent to an activating group) is 1. The molecule has 0 aliphatic rings. The third kappa shape index (κ3) is 9.85. The molecule has 0 aliphatic carbocycles. The van der Waals surface area contributed by atoms with Gasteiger partial charge in [0.05, 0.1) is 27.7 Å². The van der Waals surface area contributed by atoms with Gasteiger partial charge in [0, 0.05) is 29.6 Å². The summed E-state index contributed by atoms with van der Waals surface area (Å²) in [6.45, 7) is 4.67. The van der Waals surface area contributed by atoms with E-state index in [0.29, 0.717) is 0 Å². The van der Waals surface area contributed by atoms with Gasteiger partial charge in [0.15, 0.2) is 0 Å². The van der Waals surface area contributed by atoms with Gasteiger partial charge in [0.25, 0.3) is 0 Å². The first-order valence-corrected chi connectivity index (χ1v) is 2.47. The predicted octanol–water partition coefficient (Wildman–Crippen LogP) is 0.498. The standard InChI is InChI=1S/C6H14N.Na/c1-5-6-7(2,3)4;/h5H,1,6H2,2-4H3;/q+1;. The molecule has 1 radical (unpaired) electrons. The molecule has 0 rings (SSSR count). The molecular weight excluding hydrogens is 109 g/mol. The largest absolute Gasteiger partial charge is 0.328 e. The van der Waals surface area contributed by atoms with Gasteiger partial charge in [-0.1, -0.05) is 6.58 Å². The molecule has 2 heteroatoms. The van der Waals surface area contributed by atoms with Crippen LogP contribution in [0.2, 0.25) is 0 Å². The first-order chi connectivity index (χ1) is 3.06. The van der Waals surface area contributed by atoms with Crippen LogP contribution in [0.25, 0.3) is 0 Å². The minimum Gasteiger partial charge on any atom is -0.328 e. The van der Waals surface area contributed by atoms with Crippen LogP contribution in [0.4, 0.5) is 0 Å². The van der Waals surface area contributed by atoms with Crippen molar-refractivity contribution >= 4 is 29.6 Å². The summed E-state index contributed by atoms with van der Waals surface area (Å²) in [6.07, 6.45) is 1.93. The fourth-order valence-corrected chi connectivity index (χ4v) is 0.387. The van der Waals surface area contributed by atoms with Crippen molar-refractivity contribution < 1.29 is 4.48 Å². The quantitative estimate of drug-likeness (QED) is 0.285. The zero-order chi connectivity index (χ0) is 5.91. The predicted molar refractivity (Wildman–Crippen MR) is 38.9 cm³/mol. The molecule has 0 aromatic carbocycles. The summed E-state index contributed by atoms with van der Waals surface area (Å²) in [5.41, 5.74) is 0. The van der Waals surface area contributed by atoms with E-state index in [1.165, 1.54) is 0 Å². The molecule has 0 saturated carbocycles. The van der Waals surface area contributed by atoms with Crippen LogP contribution < -0.4 is 0 Å². The monoisotopic (exact) mass is 123 g/mol. The van der Waals surface area contributed by atoms with Gasteiger partial charge in [-0.05, 0) is 6.08 Å². The van der Waals surface area contributed by atoms with Crippen molar-refractivity contribution in [3.05, 3.63) is 12.7 Å². The van der Waals surface area contributed by atoms with Crippen LogP contribution in [0.3, 0.4) is 0 Å². The molecule has 8 heavy (non-hydrogen) atoms. The normalized spacial score (nSPS) is 9.88. The van der Waals surface area contributed by atoms with Gasteiger partial charge in [-0.2, -0.15) is 0 Å². The molecule has 1 nitrogen and oxygen atoms in total. The van der Waals surface area contributed by atoms with Crippen LogP contribution in [0.5, 0.6) is 0 Å². The van der Waals surface area contributed by atoms with E-state index in [0.717, 1.165) is 11.0 Å². The second-order valence-corrected chi connectivity index (χ2v) is 2.76. The van der Waals surface area contributed by atoms with Gasteiger partial charge >= 0.3 is 0 Å². The fourth-order valence-electron chi connectivity index (χ4n) is 0.387. The maximum Gasteiger partial charge on any atom is 0.0964 e. The molecule has 0 bridgehead atoms. The Morgan fingerprint density at radius 3 is 1.75 bits per heavy atom. The molecule has 0 unspecified atom stereocenters. The zero-order valence-electron chi connectivity index (χ0n) is 6.44. The van der Waals surface area contributed by atoms with Crippen LogP contribution in [0.15, 0.2) is 12.7 Å². The van der Waals surface area contributed by atoms with E-state index in [-0.39, 0.29) is 29.6 Å². The Bertz CT molecular complexity index is 63.4. The fraction of sp³-hybridized carbons (Fsp3) is 0.667. The van der Waals surface area contributed by atoms with E-state index in [2.05, 4.69) is 27.7 Å². The van der Waals surface area contributed by atoms with Crippen molar-refractivity contribution in [1.29, 1.82) is 0 Å². The molecule has 0 spiro atoms. The minimum absolute atomic E-state index is 0. The van der Waals surface area contributed by atoms with Crippen LogP contribution >= 0.6 is 0 Å². The van der Waals surface area contributed by atoms with E-state index < -0.39 is 0 Å². The smallest absolute Gasteiger partial charge is 0.0964 e. The van der Waals surface area contributed by atoms with Crippen molar-refractivity contribution in [3.8, 4) is 0 Å². The molecule has 0 aromatic heterocycles. The Kier molecular flexibility index (Phi) is 6.56. The van der Waals surface area contributed by atoms with Crippen LogP contribution in [0.1, 0.15) is 0 Å². The Labute approximate surface area is 74.3 Å². The summed E-state index contributed by atoms with van der Waals surface area (Å²) >= 11 is 0.